The summed E-state index contributed by atoms with van der Waals surface area (Å²) in [5.74, 6) is -0.269. The van der Waals surface area contributed by atoms with Crippen LogP contribution in [0.15, 0.2) is 0 Å². The molecule has 1 saturated carbocycles. The number of hydrogen-bond acceptors (Lipinski definition) is 3. The average Bonchev–Trinajstić information content (AvgIpc) is 2.23. The van der Waals surface area contributed by atoms with Crippen LogP contribution in [0.5, 0.6) is 0 Å². The third-order valence-electron chi connectivity index (χ3n) is 3.54. The summed E-state index contributed by atoms with van der Waals surface area (Å²) >= 11 is 0. The minimum Gasteiger partial charge on any atom is -0.378 e. The molecule has 1 aliphatic rings. The van der Waals surface area contributed by atoms with E-state index in [9.17, 15) is 4.79 Å². The molecule has 1 rings (SSSR count). The molecule has 0 saturated heterocycles. The minimum absolute atomic E-state index is 0.269. The second-order valence-corrected chi connectivity index (χ2v) is 5.15. The Bertz CT molecular complexity index is 242. The summed E-state index contributed by atoms with van der Waals surface area (Å²) in [6.45, 7) is 5.52. The normalized spacial score (nSPS) is 19.6. The number of ether oxygens (including phenoxy) is 1. The lowest BCUT2D eigenvalue weighted by molar-refractivity contribution is -0.124. The van der Waals surface area contributed by atoms with Crippen LogP contribution in [0.1, 0.15) is 52.4 Å². The Morgan fingerprint density at radius 3 is 2.71 bits per heavy atom. The van der Waals surface area contributed by atoms with E-state index in [2.05, 4.69) is 12.2 Å². The van der Waals surface area contributed by atoms with E-state index in [1.165, 1.54) is 19.3 Å². The summed E-state index contributed by atoms with van der Waals surface area (Å²) in [6.07, 6.45) is 6.78. The highest BCUT2D eigenvalue weighted by Crippen LogP contribution is 2.22. The lowest BCUT2D eigenvalue weighted by Gasteiger charge is -2.29. The number of rotatable bonds is 9. The Balaban J connectivity index is 2.20. The first-order valence-electron chi connectivity index (χ1n) is 6.75. The van der Waals surface area contributed by atoms with Crippen LogP contribution >= 0.6 is 0 Å². The first kappa shape index (κ1) is 14.5. The van der Waals surface area contributed by atoms with Gasteiger partial charge in [-0.05, 0) is 52.0 Å². The zero-order valence-electron chi connectivity index (χ0n) is 11.1. The van der Waals surface area contributed by atoms with Gasteiger partial charge in [0.15, 0.2) is 0 Å². The first-order chi connectivity index (χ1) is 8.08. The highest BCUT2D eigenvalue weighted by molar-refractivity contribution is 5.84. The van der Waals surface area contributed by atoms with E-state index in [4.69, 9.17) is 10.5 Å². The van der Waals surface area contributed by atoms with Gasteiger partial charge in [-0.1, -0.05) is 6.92 Å². The maximum absolute atomic E-state index is 11.4. The number of carbonyl (C=O) groups is 1. The summed E-state index contributed by atoms with van der Waals surface area (Å²) in [6, 6.07) is 0. The Hall–Kier alpha value is -0.610. The zero-order chi connectivity index (χ0) is 12.7. The van der Waals surface area contributed by atoms with Gasteiger partial charge in [0.25, 0.3) is 0 Å². The number of primary amides is 1. The molecule has 1 amide bonds. The van der Waals surface area contributed by atoms with Gasteiger partial charge in [0.05, 0.1) is 11.6 Å². The average molecular weight is 242 g/mol. The molecule has 3 N–H and O–H groups in total. The number of amides is 1. The van der Waals surface area contributed by atoms with Crippen molar-refractivity contribution in [1.29, 1.82) is 0 Å². The van der Waals surface area contributed by atoms with Crippen molar-refractivity contribution in [2.75, 3.05) is 13.2 Å². The smallest absolute Gasteiger partial charge is 0.237 e. The molecular formula is C13H26N2O2. The Morgan fingerprint density at radius 1 is 1.53 bits per heavy atom. The van der Waals surface area contributed by atoms with Gasteiger partial charge in [0.2, 0.25) is 5.91 Å². The molecule has 17 heavy (non-hydrogen) atoms. The molecule has 4 heteroatoms. The fourth-order valence-electron chi connectivity index (χ4n) is 1.91. The van der Waals surface area contributed by atoms with Crippen molar-refractivity contribution in [3.8, 4) is 0 Å². The molecular weight excluding hydrogens is 216 g/mol. The van der Waals surface area contributed by atoms with Crippen molar-refractivity contribution in [3.63, 3.8) is 0 Å². The second-order valence-electron chi connectivity index (χ2n) is 5.15. The quantitative estimate of drug-likeness (QED) is 0.603. The van der Waals surface area contributed by atoms with Gasteiger partial charge >= 0.3 is 0 Å². The van der Waals surface area contributed by atoms with E-state index in [0.29, 0.717) is 6.10 Å². The lowest BCUT2D eigenvalue weighted by atomic mass is 9.94. The summed E-state index contributed by atoms with van der Waals surface area (Å²) in [5, 5.41) is 3.23. The summed E-state index contributed by atoms with van der Waals surface area (Å²) in [4.78, 5) is 11.4. The van der Waals surface area contributed by atoms with Crippen molar-refractivity contribution >= 4 is 5.91 Å². The molecule has 0 aliphatic heterocycles. The van der Waals surface area contributed by atoms with Gasteiger partial charge < -0.3 is 15.8 Å². The molecule has 1 unspecified atom stereocenters. The van der Waals surface area contributed by atoms with Crippen LogP contribution in [-0.2, 0) is 9.53 Å². The van der Waals surface area contributed by atoms with Crippen LogP contribution in [0.4, 0.5) is 0 Å². The third kappa shape index (κ3) is 4.64. The van der Waals surface area contributed by atoms with Crippen molar-refractivity contribution in [2.24, 2.45) is 5.73 Å². The molecule has 0 spiro atoms. The van der Waals surface area contributed by atoms with Gasteiger partial charge in [-0.25, -0.2) is 0 Å². The standard InChI is InChI=1S/C13H26N2O2/c1-3-9-15-13(2,12(14)16)8-5-10-17-11-6-4-7-11/h11,15H,3-10H2,1-2H3,(H2,14,16). The van der Waals surface area contributed by atoms with Gasteiger partial charge in [-0.3, -0.25) is 4.79 Å². The lowest BCUT2D eigenvalue weighted by Crippen LogP contribution is -2.53. The maximum Gasteiger partial charge on any atom is 0.237 e. The summed E-state index contributed by atoms with van der Waals surface area (Å²) in [7, 11) is 0. The van der Waals surface area contributed by atoms with E-state index in [0.717, 1.165) is 32.4 Å². The SMILES string of the molecule is CCCNC(C)(CCCOC1CCC1)C(N)=O. The Morgan fingerprint density at radius 2 is 2.24 bits per heavy atom. The second kappa shape index (κ2) is 6.97. The molecule has 0 aromatic heterocycles. The molecule has 0 bridgehead atoms. The summed E-state index contributed by atoms with van der Waals surface area (Å²) in [5.41, 5.74) is 4.86. The maximum atomic E-state index is 11.4. The minimum atomic E-state index is -0.584. The Labute approximate surface area is 104 Å². The van der Waals surface area contributed by atoms with Crippen LogP contribution in [-0.4, -0.2) is 30.7 Å². The highest BCUT2D eigenvalue weighted by atomic mass is 16.5. The largest absolute Gasteiger partial charge is 0.378 e. The monoisotopic (exact) mass is 242 g/mol. The highest BCUT2D eigenvalue weighted by Gasteiger charge is 2.29. The molecule has 100 valence electrons. The summed E-state index contributed by atoms with van der Waals surface area (Å²) < 4.78 is 5.68. The predicted octanol–water partition coefficient (Wildman–Crippen LogP) is 1.58. The van der Waals surface area contributed by atoms with Crippen LogP contribution in [0.2, 0.25) is 0 Å². The fraction of sp³-hybridized carbons (Fsp3) is 0.923. The van der Waals surface area contributed by atoms with E-state index in [-0.39, 0.29) is 5.91 Å². The van der Waals surface area contributed by atoms with Gasteiger partial charge in [-0.15, -0.1) is 0 Å². The fourth-order valence-corrected chi connectivity index (χ4v) is 1.91. The van der Waals surface area contributed by atoms with Crippen LogP contribution < -0.4 is 11.1 Å². The van der Waals surface area contributed by atoms with Crippen LogP contribution in [0.25, 0.3) is 0 Å². The van der Waals surface area contributed by atoms with Gasteiger partial charge in [0.1, 0.15) is 0 Å². The van der Waals surface area contributed by atoms with Crippen molar-refractivity contribution in [3.05, 3.63) is 0 Å². The molecule has 1 atom stereocenters. The predicted molar refractivity (Wildman–Crippen MR) is 68.7 cm³/mol. The first-order valence-corrected chi connectivity index (χ1v) is 6.75. The van der Waals surface area contributed by atoms with E-state index >= 15 is 0 Å². The number of nitrogens with one attached hydrogen (secondary N) is 1. The van der Waals surface area contributed by atoms with Gasteiger partial charge in [-0.2, -0.15) is 0 Å². The van der Waals surface area contributed by atoms with E-state index in [1.54, 1.807) is 0 Å². The molecule has 4 nitrogen and oxygen atoms in total. The number of nitrogens with two attached hydrogens (primary N) is 1. The van der Waals surface area contributed by atoms with Gasteiger partial charge in [0, 0.05) is 6.61 Å². The van der Waals surface area contributed by atoms with Crippen molar-refractivity contribution in [2.45, 2.75) is 64.0 Å². The van der Waals surface area contributed by atoms with E-state index < -0.39 is 5.54 Å². The molecule has 0 radical (unpaired) electrons. The van der Waals surface area contributed by atoms with Crippen molar-refractivity contribution in [1.82, 2.24) is 5.32 Å². The Kier molecular flexibility index (Phi) is 5.92. The molecule has 0 aromatic carbocycles. The molecule has 1 fully saturated rings. The van der Waals surface area contributed by atoms with E-state index in [1.807, 2.05) is 6.92 Å². The van der Waals surface area contributed by atoms with Crippen molar-refractivity contribution < 1.29 is 9.53 Å². The zero-order valence-corrected chi connectivity index (χ0v) is 11.1. The molecule has 1 aliphatic carbocycles. The molecule has 0 heterocycles. The topological polar surface area (TPSA) is 64.3 Å². The molecule has 0 aromatic rings. The van der Waals surface area contributed by atoms with Crippen LogP contribution in [0, 0.1) is 0 Å². The van der Waals surface area contributed by atoms with Crippen LogP contribution in [0.3, 0.4) is 0 Å². The third-order valence-corrected chi connectivity index (χ3v) is 3.54. The number of hydrogen-bond donors (Lipinski definition) is 2. The number of carbonyl (C=O) groups excluding carboxylic acids is 1.